The first-order chi connectivity index (χ1) is 33.5. The van der Waals surface area contributed by atoms with Crippen molar-refractivity contribution >= 4 is 19.8 Å². The highest BCUT2D eigenvalue weighted by Gasteiger charge is 2.27. The van der Waals surface area contributed by atoms with Crippen LogP contribution in [0.1, 0.15) is 316 Å². The van der Waals surface area contributed by atoms with E-state index in [-0.39, 0.29) is 25.6 Å². The van der Waals surface area contributed by atoms with E-state index in [1.807, 2.05) is 21.1 Å². The molecule has 0 aliphatic heterocycles. The zero-order chi connectivity index (χ0) is 50.6. The number of hydrogen-bond acceptors (Lipinski definition) is 7. The van der Waals surface area contributed by atoms with Crippen LogP contribution in [0.5, 0.6) is 0 Å². The third-order valence-electron chi connectivity index (χ3n) is 13.9. The van der Waals surface area contributed by atoms with Gasteiger partial charge in [0.15, 0.2) is 6.10 Å². The highest BCUT2D eigenvalue weighted by molar-refractivity contribution is 7.47. The van der Waals surface area contributed by atoms with Crippen molar-refractivity contribution in [3.05, 3.63) is 0 Å². The molecule has 0 aliphatic carbocycles. The zero-order valence-electron chi connectivity index (χ0n) is 46.8. The molecule has 0 aromatic heterocycles. The van der Waals surface area contributed by atoms with E-state index < -0.39 is 26.5 Å². The first-order valence-electron chi connectivity index (χ1n) is 30.3. The number of phosphoric ester groups is 1. The molecule has 412 valence electrons. The number of ether oxygens (including phenoxy) is 2. The van der Waals surface area contributed by atoms with E-state index in [9.17, 15) is 19.0 Å². The molecule has 0 amide bonds. The number of rotatable bonds is 57. The van der Waals surface area contributed by atoms with Gasteiger partial charge in [0.1, 0.15) is 19.8 Å². The number of carbonyl (C=O) groups excluding carboxylic acids is 2. The molecule has 10 heteroatoms. The molecular formula is C59H119NO8P+. The van der Waals surface area contributed by atoms with Crippen molar-refractivity contribution in [2.75, 3.05) is 47.5 Å². The van der Waals surface area contributed by atoms with Crippen molar-refractivity contribution in [2.24, 2.45) is 0 Å². The normalized spacial score (nSPS) is 13.2. The maximum atomic E-state index is 12.8. The Morgan fingerprint density at radius 2 is 0.652 bits per heavy atom. The first kappa shape index (κ1) is 68.0. The van der Waals surface area contributed by atoms with Crippen molar-refractivity contribution in [1.82, 2.24) is 0 Å². The summed E-state index contributed by atoms with van der Waals surface area (Å²) in [6, 6.07) is 0. The molecule has 2 atom stereocenters. The summed E-state index contributed by atoms with van der Waals surface area (Å²) in [6.45, 7) is 4.52. The van der Waals surface area contributed by atoms with Gasteiger partial charge in [-0.1, -0.05) is 290 Å². The van der Waals surface area contributed by atoms with Crippen molar-refractivity contribution in [3.8, 4) is 0 Å². The molecule has 0 radical (unpaired) electrons. The number of phosphoric acid groups is 1. The van der Waals surface area contributed by atoms with Crippen LogP contribution < -0.4 is 0 Å². The summed E-state index contributed by atoms with van der Waals surface area (Å²) in [5, 5.41) is 0. The fraction of sp³-hybridized carbons (Fsp3) is 0.966. The Morgan fingerprint density at radius 3 is 0.928 bits per heavy atom. The number of hydrogen-bond donors (Lipinski definition) is 1. The molecule has 1 N–H and O–H groups in total. The molecule has 69 heavy (non-hydrogen) atoms. The van der Waals surface area contributed by atoms with E-state index in [2.05, 4.69) is 13.8 Å². The van der Waals surface area contributed by atoms with Gasteiger partial charge in [0.25, 0.3) is 0 Å². The van der Waals surface area contributed by atoms with Crippen molar-refractivity contribution in [1.29, 1.82) is 0 Å². The minimum atomic E-state index is -4.38. The molecule has 0 saturated carbocycles. The van der Waals surface area contributed by atoms with Gasteiger partial charge in [-0.25, -0.2) is 4.57 Å². The SMILES string of the molecule is CCCCCCCCCCCCCCCCCCCCCCCCCC(=O)OCC(COP(=O)(O)OCC[N+](C)(C)C)OC(=O)CCCCCCCCCCCCCCCCCCCCCCCC. The molecule has 0 fully saturated rings. The molecule has 0 aromatic rings. The topological polar surface area (TPSA) is 108 Å². The molecule has 0 aromatic carbocycles. The lowest BCUT2D eigenvalue weighted by Gasteiger charge is -2.24. The molecule has 2 unspecified atom stereocenters. The van der Waals surface area contributed by atoms with Gasteiger partial charge >= 0.3 is 19.8 Å². The van der Waals surface area contributed by atoms with Gasteiger partial charge in [0, 0.05) is 12.8 Å². The minimum Gasteiger partial charge on any atom is -0.462 e. The van der Waals surface area contributed by atoms with E-state index in [4.69, 9.17) is 18.5 Å². The lowest BCUT2D eigenvalue weighted by molar-refractivity contribution is -0.870. The van der Waals surface area contributed by atoms with E-state index in [1.54, 1.807) is 0 Å². The molecule has 0 bridgehead atoms. The predicted octanol–water partition coefficient (Wildman–Crippen LogP) is 18.7. The second kappa shape index (κ2) is 51.9. The zero-order valence-corrected chi connectivity index (χ0v) is 47.7. The Balaban J connectivity index is 4.08. The number of likely N-dealkylation sites (N-methyl/N-ethyl adjacent to an activating group) is 1. The van der Waals surface area contributed by atoms with Gasteiger partial charge < -0.3 is 18.9 Å². The minimum absolute atomic E-state index is 0.0375. The third-order valence-corrected chi connectivity index (χ3v) is 14.9. The van der Waals surface area contributed by atoms with Gasteiger partial charge in [-0.2, -0.15) is 0 Å². The fourth-order valence-corrected chi connectivity index (χ4v) is 9.94. The lowest BCUT2D eigenvalue weighted by Crippen LogP contribution is -2.37. The number of esters is 2. The van der Waals surface area contributed by atoms with Gasteiger partial charge in [-0.05, 0) is 12.8 Å². The maximum Gasteiger partial charge on any atom is 0.472 e. The predicted molar refractivity (Wildman–Crippen MR) is 294 cm³/mol. The third kappa shape index (κ3) is 56.2. The fourth-order valence-electron chi connectivity index (χ4n) is 9.20. The Morgan fingerprint density at radius 1 is 0.391 bits per heavy atom. The van der Waals surface area contributed by atoms with Crippen molar-refractivity contribution in [3.63, 3.8) is 0 Å². The lowest BCUT2D eigenvalue weighted by atomic mass is 10.0. The number of unbranched alkanes of at least 4 members (excludes halogenated alkanes) is 43. The summed E-state index contributed by atoms with van der Waals surface area (Å²) in [5.41, 5.74) is 0. The Hall–Kier alpha value is -0.990. The maximum absolute atomic E-state index is 12.8. The van der Waals surface area contributed by atoms with Gasteiger partial charge in [-0.3, -0.25) is 18.6 Å². The van der Waals surface area contributed by atoms with Crippen LogP contribution in [0.3, 0.4) is 0 Å². The van der Waals surface area contributed by atoms with Gasteiger partial charge in [0.2, 0.25) is 0 Å². The second-order valence-electron chi connectivity index (χ2n) is 22.1. The summed E-state index contributed by atoms with van der Waals surface area (Å²) in [6.07, 6.45) is 58.9. The molecule has 0 saturated heterocycles. The second-order valence-corrected chi connectivity index (χ2v) is 23.6. The van der Waals surface area contributed by atoms with E-state index >= 15 is 0 Å². The van der Waals surface area contributed by atoms with E-state index in [1.165, 1.54) is 250 Å². The summed E-state index contributed by atoms with van der Waals surface area (Å²) in [7, 11) is 1.50. The van der Waals surface area contributed by atoms with Gasteiger partial charge in [0.05, 0.1) is 27.7 Å². The molecule has 0 spiro atoms. The van der Waals surface area contributed by atoms with Crippen LogP contribution in [0.15, 0.2) is 0 Å². The highest BCUT2D eigenvalue weighted by Crippen LogP contribution is 2.43. The van der Waals surface area contributed by atoms with Crippen molar-refractivity contribution in [2.45, 2.75) is 322 Å². The molecular weight excluding hydrogens is 882 g/mol. The van der Waals surface area contributed by atoms with Crippen LogP contribution in [-0.2, 0) is 32.7 Å². The number of carbonyl (C=O) groups is 2. The Bertz CT molecular complexity index is 1130. The monoisotopic (exact) mass is 1000 g/mol. The largest absolute Gasteiger partial charge is 0.472 e. The molecule has 0 rings (SSSR count). The highest BCUT2D eigenvalue weighted by atomic mass is 31.2. The average Bonchev–Trinajstić information content (AvgIpc) is 3.31. The Labute approximate surface area is 429 Å². The summed E-state index contributed by atoms with van der Waals surface area (Å²) in [4.78, 5) is 35.7. The van der Waals surface area contributed by atoms with Crippen molar-refractivity contribution < 1.29 is 42.1 Å². The van der Waals surface area contributed by atoms with Crippen LogP contribution >= 0.6 is 7.82 Å². The number of nitrogens with zero attached hydrogens (tertiary/aromatic N) is 1. The van der Waals surface area contributed by atoms with Crippen LogP contribution in [0.2, 0.25) is 0 Å². The van der Waals surface area contributed by atoms with E-state index in [0.717, 1.165) is 38.5 Å². The van der Waals surface area contributed by atoms with Crippen LogP contribution in [-0.4, -0.2) is 74.9 Å². The van der Waals surface area contributed by atoms with Gasteiger partial charge in [-0.15, -0.1) is 0 Å². The average molecular weight is 1000 g/mol. The summed E-state index contributed by atoms with van der Waals surface area (Å²) < 4.78 is 34.6. The quantitative estimate of drug-likeness (QED) is 0.0278. The first-order valence-corrected chi connectivity index (χ1v) is 31.8. The van der Waals surface area contributed by atoms with Crippen LogP contribution in [0.25, 0.3) is 0 Å². The summed E-state index contributed by atoms with van der Waals surface area (Å²) in [5.74, 6) is -0.771. The van der Waals surface area contributed by atoms with E-state index in [0.29, 0.717) is 17.4 Å². The smallest absolute Gasteiger partial charge is 0.462 e. The van der Waals surface area contributed by atoms with Crippen LogP contribution in [0.4, 0.5) is 0 Å². The molecule has 0 heterocycles. The summed E-state index contributed by atoms with van der Waals surface area (Å²) >= 11 is 0. The molecule has 9 nitrogen and oxygen atoms in total. The standard InChI is InChI=1S/C59H118NO8P/c1-6-8-10-12-14-16-18-20-22-24-26-28-30-32-33-35-37-39-41-43-45-47-49-51-58(61)65-55-57(56-67-69(63,64)66-54-53-60(3,4)5)68-59(62)52-50-48-46-44-42-40-38-36-34-31-29-27-25-23-21-19-17-15-13-11-9-7-2/h57H,6-56H2,1-5H3/p+1. The van der Waals surface area contributed by atoms with Crippen LogP contribution in [0, 0.1) is 0 Å². The Kier molecular flexibility index (Phi) is 51.1. The number of quaternary nitrogens is 1. The molecule has 0 aliphatic rings.